The van der Waals surface area contributed by atoms with Crippen molar-refractivity contribution in [2.24, 2.45) is 5.73 Å². The van der Waals surface area contributed by atoms with Crippen molar-refractivity contribution in [2.75, 3.05) is 21.0 Å². The van der Waals surface area contributed by atoms with Gasteiger partial charge in [0.1, 0.15) is 0 Å². The van der Waals surface area contributed by atoms with E-state index in [-0.39, 0.29) is 6.73 Å². The zero-order valence-corrected chi connectivity index (χ0v) is 6.24. The van der Waals surface area contributed by atoms with E-state index < -0.39 is 9.53 Å². The zero-order chi connectivity index (χ0) is 6.41. The molecule has 5 heteroatoms. The molecule has 0 unspecified atom stereocenters. The van der Waals surface area contributed by atoms with E-state index in [1.807, 2.05) is 0 Å². The molecule has 0 radical (unpaired) electrons. The van der Waals surface area contributed by atoms with E-state index in [1.165, 1.54) is 14.2 Å². The molecule has 50 valence electrons. The Labute approximate surface area is 50.5 Å². The molecular weight excluding hydrogens is 126 g/mol. The second kappa shape index (κ2) is 5.20. The van der Waals surface area contributed by atoms with Crippen LogP contribution in [-0.2, 0) is 13.3 Å². The lowest BCUT2D eigenvalue weighted by atomic mass is 11.4. The smallest absolute Gasteiger partial charge is 0.379 e. The van der Waals surface area contributed by atoms with Crippen molar-refractivity contribution in [1.29, 1.82) is 0 Å². The molecule has 4 nitrogen and oxygen atoms in total. The molecule has 0 saturated heterocycles. The first kappa shape index (κ1) is 8.06. The zero-order valence-electron chi connectivity index (χ0n) is 5.09. The second-order valence-corrected chi connectivity index (χ2v) is 2.95. The summed E-state index contributed by atoms with van der Waals surface area (Å²) in [4.78, 5) is 0. The van der Waals surface area contributed by atoms with E-state index in [1.54, 1.807) is 0 Å². The number of hydrogen-bond acceptors (Lipinski definition) is 4. The molecule has 0 spiro atoms. The van der Waals surface area contributed by atoms with E-state index in [9.17, 15) is 0 Å². The van der Waals surface area contributed by atoms with Crippen molar-refractivity contribution in [3.05, 3.63) is 0 Å². The standard InChI is InChI=1S/C3H11NO3Si/c1-5-8(6-2)7-3-4/h8H,3-4H2,1-2H3. The van der Waals surface area contributed by atoms with Gasteiger partial charge in [0.2, 0.25) is 0 Å². The summed E-state index contributed by atoms with van der Waals surface area (Å²) in [6.45, 7) is 0.165. The summed E-state index contributed by atoms with van der Waals surface area (Å²) < 4.78 is 14.3. The van der Waals surface area contributed by atoms with Gasteiger partial charge in [0.25, 0.3) is 0 Å². The fourth-order valence-electron chi connectivity index (χ4n) is 0.311. The fraction of sp³-hybridized carbons (Fsp3) is 1.00. The van der Waals surface area contributed by atoms with Crippen molar-refractivity contribution < 1.29 is 13.3 Å². The first-order valence-electron chi connectivity index (χ1n) is 2.22. The lowest BCUT2D eigenvalue weighted by Gasteiger charge is -2.07. The van der Waals surface area contributed by atoms with Crippen LogP contribution in [0, 0.1) is 0 Å². The fourth-order valence-corrected chi connectivity index (χ4v) is 0.933. The Morgan fingerprint density at radius 3 is 2.00 bits per heavy atom. The van der Waals surface area contributed by atoms with Gasteiger partial charge >= 0.3 is 9.53 Å². The average Bonchev–Trinajstić information content (AvgIpc) is 1.83. The molecule has 0 aromatic rings. The summed E-state index contributed by atoms with van der Waals surface area (Å²) in [7, 11) is 1.26. The summed E-state index contributed by atoms with van der Waals surface area (Å²) >= 11 is 0. The topological polar surface area (TPSA) is 53.7 Å². The summed E-state index contributed by atoms with van der Waals surface area (Å²) in [6.07, 6.45) is 0. The van der Waals surface area contributed by atoms with Crippen LogP contribution in [0.4, 0.5) is 0 Å². The average molecular weight is 137 g/mol. The molecule has 0 aromatic carbocycles. The summed E-state index contributed by atoms with van der Waals surface area (Å²) in [5.41, 5.74) is 5.03. The van der Waals surface area contributed by atoms with Crippen molar-refractivity contribution in [3.63, 3.8) is 0 Å². The molecule has 0 aliphatic rings. The lowest BCUT2D eigenvalue weighted by Crippen LogP contribution is -2.26. The first-order chi connectivity index (χ1) is 3.85. The minimum Gasteiger partial charge on any atom is -0.379 e. The van der Waals surface area contributed by atoms with Crippen LogP contribution in [0.5, 0.6) is 0 Å². The maximum atomic E-state index is 5.03. The van der Waals surface area contributed by atoms with Gasteiger partial charge in [0, 0.05) is 14.2 Å². The summed E-state index contributed by atoms with van der Waals surface area (Å²) in [5.74, 6) is 0. The van der Waals surface area contributed by atoms with Gasteiger partial charge in [-0.1, -0.05) is 0 Å². The number of rotatable bonds is 4. The molecule has 0 rings (SSSR count). The highest BCUT2D eigenvalue weighted by molar-refractivity contribution is 6.36. The highest BCUT2D eigenvalue weighted by Gasteiger charge is 2.07. The predicted octanol–water partition coefficient (Wildman–Crippen LogP) is -1.07. The molecular formula is C3H11NO3Si. The molecule has 0 bridgehead atoms. The second-order valence-electron chi connectivity index (χ2n) is 1.09. The molecule has 0 fully saturated rings. The Morgan fingerprint density at radius 2 is 1.88 bits per heavy atom. The van der Waals surface area contributed by atoms with Gasteiger partial charge in [-0.2, -0.15) is 0 Å². The predicted molar refractivity (Wildman–Crippen MR) is 31.3 cm³/mol. The van der Waals surface area contributed by atoms with Crippen molar-refractivity contribution in [1.82, 2.24) is 0 Å². The Kier molecular flexibility index (Phi) is 5.24. The lowest BCUT2D eigenvalue weighted by molar-refractivity contribution is 0.139. The third kappa shape index (κ3) is 3.11. The van der Waals surface area contributed by atoms with E-state index in [2.05, 4.69) is 0 Å². The molecule has 0 atom stereocenters. The molecule has 0 aromatic heterocycles. The highest BCUT2D eigenvalue weighted by atomic mass is 28.3. The molecule has 8 heavy (non-hydrogen) atoms. The van der Waals surface area contributed by atoms with Crippen LogP contribution in [-0.4, -0.2) is 30.5 Å². The van der Waals surface area contributed by atoms with Crippen LogP contribution in [0.15, 0.2) is 0 Å². The van der Waals surface area contributed by atoms with Crippen LogP contribution < -0.4 is 5.73 Å². The van der Waals surface area contributed by atoms with Gasteiger partial charge in [-0.3, -0.25) is 0 Å². The monoisotopic (exact) mass is 137 g/mol. The molecule has 0 heterocycles. The van der Waals surface area contributed by atoms with Gasteiger partial charge in [-0.15, -0.1) is 0 Å². The maximum absolute atomic E-state index is 5.03. The van der Waals surface area contributed by atoms with Gasteiger partial charge in [0.05, 0.1) is 6.73 Å². The van der Waals surface area contributed by atoms with Crippen LogP contribution in [0.1, 0.15) is 0 Å². The Morgan fingerprint density at radius 1 is 1.38 bits per heavy atom. The van der Waals surface area contributed by atoms with Crippen LogP contribution in [0.3, 0.4) is 0 Å². The van der Waals surface area contributed by atoms with Crippen molar-refractivity contribution in [3.8, 4) is 0 Å². The molecule has 0 amide bonds. The number of hydrogen-bond donors (Lipinski definition) is 1. The normalized spacial score (nSPS) is 10.5. The van der Waals surface area contributed by atoms with Crippen LogP contribution >= 0.6 is 0 Å². The van der Waals surface area contributed by atoms with Gasteiger partial charge < -0.3 is 19.0 Å². The van der Waals surface area contributed by atoms with Crippen molar-refractivity contribution >= 4 is 9.53 Å². The quantitative estimate of drug-likeness (QED) is 0.396. The largest absolute Gasteiger partial charge is 0.484 e. The van der Waals surface area contributed by atoms with Crippen LogP contribution in [0.2, 0.25) is 0 Å². The van der Waals surface area contributed by atoms with E-state index >= 15 is 0 Å². The summed E-state index contributed by atoms with van der Waals surface area (Å²) in [5, 5.41) is 0. The molecule has 0 saturated carbocycles. The molecule has 2 N–H and O–H groups in total. The molecule has 0 aliphatic carbocycles. The van der Waals surface area contributed by atoms with E-state index in [0.717, 1.165) is 0 Å². The minimum absolute atomic E-state index is 0.165. The highest BCUT2D eigenvalue weighted by Crippen LogP contribution is 1.83. The third-order valence-corrected chi connectivity index (χ3v) is 1.85. The summed E-state index contributed by atoms with van der Waals surface area (Å²) in [6, 6.07) is 0. The van der Waals surface area contributed by atoms with Gasteiger partial charge in [-0.25, -0.2) is 0 Å². The Balaban J connectivity index is 3.07. The van der Waals surface area contributed by atoms with E-state index in [4.69, 9.17) is 19.0 Å². The SMILES string of the molecule is CO[SiH](OC)OCN. The van der Waals surface area contributed by atoms with Crippen LogP contribution in [0.25, 0.3) is 0 Å². The minimum atomic E-state index is -1.82. The number of nitrogens with two attached hydrogens (primary N) is 1. The molecule has 0 aliphatic heterocycles. The Hall–Kier alpha value is 0.0569. The van der Waals surface area contributed by atoms with E-state index in [0.29, 0.717) is 0 Å². The maximum Gasteiger partial charge on any atom is 0.484 e. The first-order valence-corrected chi connectivity index (χ1v) is 3.63. The Bertz CT molecular complexity index is 49.8. The third-order valence-electron chi connectivity index (χ3n) is 0.617. The van der Waals surface area contributed by atoms with Crippen molar-refractivity contribution in [2.45, 2.75) is 0 Å². The van der Waals surface area contributed by atoms with Gasteiger partial charge in [0.15, 0.2) is 0 Å². The van der Waals surface area contributed by atoms with Gasteiger partial charge in [-0.05, 0) is 0 Å².